The van der Waals surface area contributed by atoms with E-state index in [-0.39, 0.29) is 5.89 Å². The predicted molar refractivity (Wildman–Crippen MR) is 43.1 cm³/mol. The SMILES string of the molecule is FC(F)(F)c1coc(C2CNCCO2)n1. The molecule has 0 aliphatic carbocycles. The van der Waals surface area contributed by atoms with Crippen LogP contribution in [0.25, 0.3) is 0 Å². The number of oxazole rings is 1. The van der Waals surface area contributed by atoms with Gasteiger partial charge in [-0.3, -0.25) is 0 Å². The van der Waals surface area contributed by atoms with E-state index >= 15 is 0 Å². The number of hydrogen-bond donors (Lipinski definition) is 1. The fraction of sp³-hybridized carbons (Fsp3) is 0.625. The molecule has 1 atom stereocenters. The van der Waals surface area contributed by atoms with Crippen LogP contribution in [0.4, 0.5) is 13.2 Å². The molecule has 1 aliphatic heterocycles. The van der Waals surface area contributed by atoms with Crippen LogP contribution in [-0.2, 0) is 10.9 Å². The minimum absolute atomic E-state index is 0.0328. The first-order valence-electron chi connectivity index (χ1n) is 4.42. The predicted octanol–water partition coefficient (Wildman–Crippen LogP) is 1.35. The first-order chi connectivity index (χ1) is 7.07. The first kappa shape index (κ1) is 10.4. The van der Waals surface area contributed by atoms with Crippen LogP contribution in [0, 0.1) is 0 Å². The largest absolute Gasteiger partial charge is 0.445 e. The maximum atomic E-state index is 12.2. The average Bonchev–Trinajstić information content (AvgIpc) is 2.67. The van der Waals surface area contributed by atoms with E-state index < -0.39 is 18.0 Å². The highest BCUT2D eigenvalue weighted by Gasteiger charge is 2.36. The molecule has 0 spiro atoms. The van der Waals surface area contributed by atoms with Crippen molar-refractivity contribution in [1.29, 1.82) is 0 Å². The summed E-state index contributed by atoms with van der Waals surface area (Å²) in [5.74, 6) is -0.0328. The van der Waals surface area contributed by atoms with Crippen LogP contribution >= 0.6 is 0 Å². The van der Waals surface area contributed by atoms with Gasteiger partial charge in [-0.15, -0.1) is 0 Å². The zero-order valence-electron chi connectivity index (χ0n) is 7.67. The quantitative estimate of drug-likeness (QED) is 0.779. The van der Waals surface area contributed by atoms with E-state index in [9.17, 15) is 13.2 Å². The molecule has 7 heteroatoms. The van der Waals surface area contributed by atoms with E-state index in [1.807, 2.05) is 0 Å². The number of alkyl halides is 3. The molecule has 1 unspecified atom stereocenters. The minimum Gasteiger partial charge on any atom is -0.445 e. The maximum absolute atomic E-state index is 12.2. The molecule has 1 fully saturated rings. The Kier molecular flexibility index (Phi) is 2.66. The van der Waals surface area contributed by atoms with Gasteiger partial charge in [0.2, 0.25) is 5.89 Å². The molecule has 4 nitrogen and oxygen atoms in total. The lowest BCUT2D eigenvalue weighted by Gasteiger charge is -2.20. The van der Waals surface area contributed by atoms with Crippen molar-refractivity contribution in [3.63, 3.8) is 0 Å². The Morgan fingerprint density at radius 3 is 2.80 bits per heavy atom. The van der Waals surface area contributed by atoms with Crippen LogP contribution in [0.15, 0.2) is 10.7 Å². The second-order valence-electron chi connectivity index (χ2n) is 3.13. The Morgan fingerprint density at radius 1 is 1.47 bits per heavy atom. The fourth-order valence-electron chi connectivity index (χ4n) is 1.29. The summed E-state index contributed by atoms with van der Waals surface area (Å²) in [5, 5.41) is 2.98. The van der Waals surface area contributed by atoms with Gasteiger partial charge in [-0.1, -0.05) is 0 Å². The van der Waals surface area contributed by atoms with Gasteiger partial charge in [-0.05, 0) is 0 Å². The lowest BCUT2D eigenvalue weighted by molar-refractivity contribution is -0.141. The van der Waals surface area contributed by atoms with E-state index in [1.165, 1.54) is 0 Å². The molecule has 1 aromatic rings. The fourth-order valence-corrected chi connectivity index (χ4v) is 1.29. The van der Waals surface area contributed by atoms with Gasteiger partial charge in [0.05, 0.1) is 6.61 Å². The number of nitrogens with one attached hydrogen (secondary N) is 1. The summed E-state index contributed by atoms with van der Waals surface area (Å²) in [5.41, 5.74) is -1.02. The summed E-state index contributed by atoms with van der Waals surface area (Å²) < 4.78 is 46.5. The van der Waals surface area contributed by atoms with Gasteiger partial charge < -0.3 is 14.5 Å². The van der Waals surface area contributed by atoms with E-state index in [2.05, 4.69) is 10.3 Å². The molecule has 0 aromatic carbocycles. The molecule has 0 radical (unpaired) electrons. The smallest absolute Gasteiger partial charge is 0.436 e. The van der Waals surface area contributed by atoms with E-state index in [1.54, 1.807) is 0 Å². The molecule has 1 saturated heterocycles. The van der Waals surface area contributed by atoms with Crippen molar-refractivity contribution in [2.24, 2.45) is 0 Å². The van der Waals surface area contributed by atoms with Crippen molar-refractivity contribution >= 4 is 0 Å². The van der Waals surface area contributed by atoms with Gasteiger partial charge in [0.15, 0.2) is 5.69 Å². The summed E-state index contributed by atoms with van der Waals surface area (Å²) in [6.45, 7) is 1.54. The first-order valence-corrected chi connectivity index (χ1v) is 4.42. The molecule has 0 bridgehead atoms. The standard InChI is InChI=1S/C8H9F3N2O2/c9-8(10,11)6-4-15-7(13-6)5-3-12-1-2-14-5/h4-5,12H,1-3H2. The molecule has 15 heavy (non-hydrogen) atoms. The van der Waals surface area contributed by atoms with Crippen molar-refractivity contribution in [3.05, 3.63) is 17.8 Å². The molecule has 2 rings (SSSR count). The summed E-state index contributed by atoms with van der Waals surface area (Å²) in [6.07, 6.45) is -4.40. The van der Waals surface area contributed by atoms with Crippen molar-refractivity contribution in [1.82, 2.24) is 10.3 Å². The highest BCUT2D eigenvalue weighted by molar-refractivity contribution is 5.03. The van der Waals surface area contributed by atoms with Gasteiger partial charge in [0, 0.05) is 13.1 Å². The van der Waals surface area contributed by atoms with Gasteiger partial charge >= 0.3 is 6.18 Å². The number of hydrogen-bond acceptors (Lipinski definition) is 4. The van der Waals surface area contributed by atoms with Crippen LogP contribution in [0.2, 0.25) is 0 Å². The lowest BCUT2D eigenvalue weighted by Crippen LogP contribution is -2.33. The summed E-state index contributed by atoms with van der Waals surface area (Å²) in [4.78, 5) is 3.35. The molecule has 1 aromatic heterocycles. The molecule has 0 saturated carbocycles. The topological polar surface area (TPSA) is 47.3 Å². The Balaban J connectivity index is 2.12. The zero-order valence-corrected chi connectivity index (χ0v) is 7.67. The van der Waals surface area contributed by atoms with Gasteiger partial charge in [-0.2, -0.15) is 13.2 Å². The van der Waals surface area contributed by atoms with Crippen molar-refractivity contribution in [2.45, 2.75) is 12.3 Å². The normalized spacial score (nSPS) is 23.0. The molecular formula is C8H9F3N2O2. The molecular weight excluding hydrogens is 213 g/mol. The van der Waals surface area contributed by atoms with Crippen LogP contribution in [0.1, 0.15) is 17.7 Å². The van der Waals surface area contributed by atoms with Crippen molar-refractivity contribution in [2.75, 3.05) is 19.7 Å². The highest BCUT2D eigenvalue weighted by Crippen LogP contribution is 2.30. The number of aromatic nitrogens is 1. The summed E-state index contributed by atoms with van der Waals surface area (Å²) in [6, 6.07) is 0. The van der Waals surface area contributed by atoms with Crippen LogP contribution in [-0.4, -0.2) is 24.7 Å². The highest BCUT2D eigenvalue weighted by atomic mass is 19.4. The Labute approximate surface area is 83.4 Å². The Morgan fingerprint density at radius 2 is 2.27 bits per heavy atom. The third kappa shape index (κ3) is 2.29. The van der Waals surface area contributed by atoms with Gasteiger partial charge in [0.1, 0.15) is 12.4 Å². The van der Waals surface area contributed by atoms with Crippen LogP contribution < -0.4 is 5.32 Å². The average molecular weight is 222 g/mol. The summed E-state index contributed by atoms with van der Waals surface area (Å²) >= 11 is 0. The van der Waals surface area contributed by atoms with Crippen molar-refractivity contribution in [3.8, 4) is 0 Å². The van der Waals surface area contributed by atoms with Crippen LogP contribution in [0.3, 0.4) is 0 Å². The van der Waals surface area contributed by atoms with E-state index in [0.29, 0.717) is 26.0 Å². The number of ether oxygens (including phenoxy) is 1. The summed E-state index contributed by atoms with van der Waals surface area (Å²) in [7, 11) is 0. The van der Waals surface area contributed by atoms with Crippen LogP contribution in [0.5, 0.6) is 0 Å². The monoisotopic (exact) mass is 222 g/mol. The molecule has 84 valence electrons. The molecule has 1 N–H and O–H groups in total. The van der Waals surface area contributed by atoms with Crippen molar-refractivity contribution < 1.29 is 22.3 Å². The van der Waals surface area contributed by atoms with E-state index in [0.717, 1.165) is 0 Å². The second-order valence-corrected chi connectivity index (χ2v) is 3.13. The molecule has 0 amide bonds. The van der Waals surface area contributed by atoms with Gasteiger partial charge in [-0.25, -0.2) is 4.98 Å². The maximum Gasteiger partial charge on any atom is 0.436 e. The number of morpholine rings is 1. The number of nitrogens with zero attached hydrogens (tertiary/aromatic N) is 1. The lowest BCUT2D eigenvalue weighted by atomic mass is 10.3. The Hall–Kier alpha value is -1.08. The molecule has 2 heterocycles. The van der Waals surface area contributed by atoms with Gasteiger partial charge in [0.25, 0.3) is 0 Å². The minimum atomic E-state index is -4.47. The number of rotatable bonds is 1. The number of halogens is 3. The third-order valence-electron chi connectivity index (χ3n) is 2.02. The van der Waals surface area contributed by atoms with E-state index in [4.69, 9.17) is 9.15 Å². The zero-order chi connectivity index (χ0) is 10.9. The second kappa shape index (κ2) is 3.82. The molecule has 1 aliphatic rings. The third-order valence-corrected chi connectivity index (χ3v) is 2.02. The Bertz CT molecular complexity index is 331.